The number of benzene rings is 2. The van der Waals surface area contributed by atoms with Gasteiger partial charge in [-0.15, -0.1) is 0 Å². The van der Waals surface area contributed by atoms with E-state index in [2.05, 4.69) is 10.6 Å². The standard InChI is InChI=1S/C21H22F4N2O3/c1-13(19(29)27-18-8-4-6-16(10-18)14(2)28)26-17-7-3-5-15(9-17)11-30-12-21(24,25)20(22)23/h3-10,13,20,26H,11-12H2,1-2H3,(H,27,29). The van der Waals surface area contributed by atoms with Crippen molar-refractivity contribution in [3.8, 4) is 0 Å². The molecule has 0 aliphatic heterocycles. The molecule has 30 heavy (non-hydrogen) atoms. The van der Waals surface area contributed by atoms with Gasteiger partial charge in [0.1, 0.15) is 12.6 Å². The molecule has 0 spiro atoms. The van der Waals surface area contributed by atoms with E-state index in [1.807, 2.05) is 0 Å². The number of Topliss-reactive ketones (excluding diaryl/α,β-unsaturated/α-hetero) is 1. The van der Waals surface area contributed by atoms with Crippen LogP contribution in [0, 0.1) is 0 Å². The predicted octanol–water partition coefficient (Wildman–Crippen LogP) is 4.75. The van der Waals surface area contributed by atoms with E-state index in [1.54, 1.807) is 55.5 Å². The van der Waals surface area contributed by atoms with Gasteiger partial charge in [-0.25, -0.2) is 8.78 Å². The van der Waals surface area contributed by atoms with Crippen molar-refractivity contribution in [3.63, 3.8) is 0 Å². The van der Waals surface area contributed by atoms with Gasteiger partial charge in [-0.3, -0.25) is 9.59 Å². The number of hydrogen-bond acceptors (Lipinski definition) is 4. The summed E-state index contributed by atoms with van der Waals surface area (Å²) in [4.78, 5) is 23.8. The summed E-state index contributed by atoms with van der Waals surface area (Å²) in [5.41, 5.74) is 1.95. The maximum absolute atomic E-state index is 12.9. The van der Waals surface area contributed by atoms with Crippen LogP contribution in [0.4, 0.5) is 28.9 Å². The first kappa shape index (κ1) is 23.3. The summed E-state index contributed by atoms with van der Waals surface area (Å²) in [6, 6.07) is 12.3. The molecular weight excluding hydrogens is 404 g/mol. The monoisotopic (exact) mass is 426 g/mol. The third kappa shape index (κ3) is 6.84. The largest absolute Gasteiger partial charge is 0.374 e. The lowest BCUT2D eigenvalue weighted by Gasteiger charge is -2.17. The first-order valence-electron chi connectivity index (χ1n) is 9.09. The van der Waals surface area contributed by atoms with Crippen molar-refractivity contribution >= 4 is 23.1 Å². The molecule has 162 valence electrons. The van der Waals surface area contributed by atoms with Crippen LogP contribution in [0.3, 0.4) is 0 Å². The molecule has 0 bridgehead atoms. The fourth-order valence-electron chi connectivity index (χ4n) is 2.50. The van der Waals surface area contributed by atoms with E-state index in [0.717, 1.165) is 0 Å². The Morgan fingerprint density at radius 2 is 1.73 bits per heavy atom. The number of rotatable bonds is 10. The molecule has 9 heteroatoms. The fourth-order valence-corrected chi connectivity index (χ4v) is 2.50. The molecule has 2 aromatic rings. The van der Waals surface area contributed by atoms with E-state index < -0.39 is 25.0 Å². The highest BCUT2D eigenvalue weighted by atomic mass is 19.3. The lowest BCUT2D eigenvalue weighted by molar-refractivity contribution is -0.168. The van der Waals surface area contributed by atoms with Gasteiger partial charge in [-0.05, 0) is 43.7 Å². The van der Waals surface area contributed by atoms with Gasteiger partial charge in [0, 0.05) is 16.9 Å². The van der Waals surface area contributed by atoms with Gasteiger partial charge in [0.25, 0.3) is 0 Å². The molecule has 0 aliphatic carbocycles. The summed E-state index contributed by atoms with van der Waals surface area (Å²) < 4.78 is 54.8. The minimum Gasteiger partial charge on any atom is -0.374 e. The highest BCUT2D eigenvalue weighted by molar-refractivity contribution is 5.99. The van der Waals surface area contributed by atoms with Crippen LogP contribution in [-0.4, -0.2) is 36.7 Å². The summed E-state index contributed by atoms with van der Waals surface area (Å²) in [5.74, 6) is -4.68. The molecule has 0 heterocycles. The van der Waals surface area contributed by atoms with Crippen LogP contribution < -0.4 is 10.6 Å². The molecule has 0 aliphatic rings. The number of hydrogen-bond donors (Lipinski definition) is 2. The Balaban J connectivity index is 1.92. The van der Waals surface area contributed by atoms with E-state index in [0.29, 0.717) is 22.5 Å². The Morgan fingerprint density at radius 1 is 1.07 bits per heavy atom. The SMILES string of the molecule is CC(=O)c1cccc(NC(=O)C(C)Nc2cccc(COCC(F)(F)C(F)F)c2)c1. The lowest BCUT2D eigenvalue weighted by atomic mass is 10.1. The third-order valence-electron chi connectivity index (χ3n) is 4.12. The molecule has 1 atom stereocenters. The van der Waals surface area contributed by atoms with Crippen LogP contribution in [0.25, 0.3) is 0 Å². The molecule has 0 saturated heterocycles. The van der Waals surface area contributed by atoms with Crippen LogP contribution in [0.1, 0.15) is 29.8 Å². The van der Waals surface area contributed by atoms with Gasteiger partial charge in [0.05, 0.1) is 6.61 Å². The Bertz CT molecular complexity index is 890. The molecule has 2 rings (SSSR count). The number of ether oxygens (including phenoxy) is 1. The summed E-state index contributed by atoms with van der Waals surface area (Å²) in [6.45, 7) is 1.38. The van der Waals surface area contributed by atoms with Crippen molar-refractivity contribution in [2.45, 2.75) is 38.8 Å². The van der Waals surface area contributed by atoms with E-state index in [9.17, 15) is 27.2 Å². The van der Waals surface area contributed by atoms with Crippen LogP contribution in [0.5, 0.6) is 0 Å². The molecule has 2 aromatic carbocycles. The highest BCUT2D eigenvalue weighted by Gasteiger charge is 2.40. The predicted molar refractivity (Wildman–Crippen MR) is 105 cm³/mol. The van der Waals surface area contributed by atoms with E-state index >= 15 is 0 Å². The lowest BCUT2D eigenvalue weighted by Crippen LogP contribution is -2.32. The number of carbonyl (C=O) groups is 2. The minimum atomic E-state index is -4.21. The zero-order valence-corrected chi connectivity index (χ0v) is 16.4. The zero-order valence-electron chi connectivity index (χ0n) is 16.4. The number of carbonyl (C=O) groups excluding carboxylic acids is 2. The number of nitrogens with one attached hydrogen (secondary N) is 2. The van der Waals surface area contributed by atoms with Crippen LogP contribution in [0.15, 0.2) is 48.5 Å². The van der Waals surface area contributed by atoms with Gasteiger partial charge in [-0.1, -0.05) is 24.3 Å². The van der Waals surface area contributed by atoms with Crippen molar-refractivity contribution in [1.82, 2.24) is 0 Å². The first-order chi connectivity index (χ1) is 14.1. The molecular formula is C21H22F4N2O3. The zero-order chi connectivity index (χ0) is 22.3. The molecule has 5 nitrogen and oxygen atoms in total. The Hall–Kier alpha value is -2.94. The van der Waals surface area contributed by atoms with Crippen molar-refractivity contribution in [3.05, 3.63) is 59.7 Å². The number of amides is 1. The van der Waals surface area contributed by atoms with Gasteiger partial charge >= 0.3 is 12.3 Å². The van der Waals surface area contributed by atoms with Gasteiger partial charge in [0.15, 0.2) is 5.78 Å². The van der Waals surface area contributed by atoms with E-state index in [-0.39, 0.29) is 18.3 Å². The maximum atomic E-state index is 12.9. The molecule has 0 saturated carbocycles. The average molecular weight is 426 g/mol. The number of halogens is 4. The van der Waals surface area contributed by atoms with Crippen LogP contribution >= 0.6 is 0 Å². The topological polar surface area (TPSA) is 67.4 Å². The van der Waals surface area contributed by atoms with Crippen molar-refractivity contribution in [2.24, 2.45) is 0 Å². The smallest absolute Gasteiger partial charge is 0.330 e. The summed E-state index contributed by atoms with van der Waals surface area (Å²) in [6.07, 6.45) is -3.79. The van der Waals surface area contributed by atoms with Crippen molar-refractivity contribution in [1.29, 1.82) is 0 Å². The minimum absolute atomic E-state index is 0.123. The summed E-state index contributed by atoms with van der Waals surface area (Å²) in [7, 11) is 0. The maximum Gasteiger partial charge on any atom is 0.330 e. The van der Waals surface area contributed by atoms with Crippen molar-refractivity contribution in [2.75, 3.05) is 17.2 Å². The van der Waals surface area contributed by atoms with E-state index in [4.69, 9.17) is 4.74 Å². The van der Waals surface area contributed by atoms with Gasteiger partial charge in [0.2, 0.25) is 5.91 Å². The van der Waals surface area contributed by atoms with Crippen LogP contribution in [0.2, 0.25) is 0 Å². The molecule has 0 fully saturated rings. The Morgan fingerprint density at radius 3 is 2.40 bits per heavy atom. The fraction of sp³-hybridized carbons (Fsp3) is 0.333. The number of ketones is 1. The molecule has 0 radical (unpaired) electrons. The molecule has 0 aromatic heterocycles. The molecule has 2 N–H and O–H groups in total. The Kier molecular flexibility index (Phi) is 7.93. The van der Waals surface area contributed by atoms with Gasteiger partial charge < -0.3 is 15.4 Å². The normalized spacial score (nSPS) is 12.5. The second-order valence-corrected chi connectivity index (χ2v) is 6.75. The summed E-state index contributed by atoms with van der Waals surface area (Å²) >= 11 is 0. The second kappa shape index (κ2) is 10.2. The average Bonchev–Trinajstić information content (AvgIpc) is 2.68. The van der Waals surface area contributed by atoms with Gasteiger partial charge in [-0.2, -0.15) is 8.78 Å². The summed E-state index contributed by atoms with van der Waals surface area (Å²) in [5, 5.41) is 5.66. The Labute approximate surface area is 171 Å². The van der Waals surface area contributed by atoms with Crippen LogP contribution in [-0.2, 0) is 16.1 Å². The number of anilines is 2. The number of alkyl halides is 4. The second-order valence-electron chi connectivity index (χ2n) is 6.75. The van der Waals surface area contributed by atoms with E-state index in [1.165, 1.54) is 6.92 Å². The molecule has 1 amide bonds. The van der Waals surface area contributed by atoms with Crippen molar-refractivity contribution < 1.29 is 31.9 Å². The highest BCUT2D eigenvalue weighted by Crippen LogP contribution is 2.23. The first-order valence-corrected chi connectivity index (χ1v) is 9.09. The third-order valence-corrected chi connectivity index (χ3v) is 4.12. The quantitative estimate of drug-likeness (QED) is 0.425. The molecule has 1 unspecified atom stereocenters.